The molecule has 0 amide bonds. The van der Waals surface area contributed by atoms with Crippen LogP contribution < -0.4 is 0 Å². The molecule has 0 nitrogen and oxygen atoms in total. The molecule has 0 aromatic carbocycles. The van der Waals surface area contributed by atoms with Gasteiger partial charge in [-0.2, -0.15) is 0 Å². The van der Waals surface area contributed by atoms with Crippen molar-refractivity contribution in [2.24, 2.45) is 38.4 Å². The van der Waals surface area contributed by atoms with Crippen molar-refractivity contribution in [1.82, 2.24) is 0 Å². The van der Waals surface area contributed by atoms with E-state index < -0.39 is 0 Å². The van der Waals surface area contributed by atoms with Gasteiger partial charge in [0, 0.05) is 0 Å². The fourth-order valence-corrected chi connectivity index (χ4v) is 8.57. The first kappa shape index (κ1) is 30.2. The topological polar surface area (TPSA) is 0 Å². The molecule has 0 N–H and O–H groups in total. The van der Waals surface area contributed by atoms with Crippen molar-refractivity contribution in [3.63, 3.8) is 0 Å². The molecule has 0 spiro atoms. The van der Waals surface area contributed by atoms with Gasteiger partial charge in [0.2, 0.25) is 0 Å². The van der Waals surface area contributed by atoms with Crippen LogP contribution in [0.4, 0.5) is 0 Å². The smallest absolute Gasteiger partial charge is 0.0259 e. The average molecular weight is 431 g/mol. The Morgan fingerprint density at radius 3 is 0.806 bits per heavy atom. The molecule has 0 heteroatoms. The van der Waals surface area contributed by atoms with Gasteiger partial charge in [-0.1, -0.05) is 101 Å². The molecule has 0 radical (unpaired) electrons. The Labute approximate surface area is 198 Å². The lowest BCUT2D eigenvalue weighted by Gasteiger charge is -2.57. The third-order valence-electron chi connectivity index (χ3n) is 7.24. The lowest BCUT2D eigenvalue weighted by Crippen LogP contribution is -2.49. The minimum atomic E-state index is 0.202. The highest BCUT2D eigenvalue weighted by atomic mass is 14.6. The minimum Gasteiger partial charge on any atom is -0.103 e. The molecule has 0 aromatic rings. The van der Waals surface area contributed by atoms with Crippen LogP contribution in [0.5, 0.6) is 0 Å². The maximum atomic E-state index is 4.04. The molecule has 182 valence electrons. The lowest BCUT2D eigenvalue weighted by molar-refractivity contribution is -0.0803. The van der Waals surface area contributed by atoms with Gasteiger partial charge in [-0.05, 0) is 76.9 Å². The van der Waals surface area contributed by atoms with Gasteiger partial charge in [-0.15, -0.1) is 19.7 Å². The van der Waals surface area contributed by atoms with E-state index >= 15 is 0 Å². The second-order valence-corrected chi connectivity index (χ2v) is 14.9. The molecule has 0 unspecified atom stereocenters. The van der Waals surface area contributed by atoms with E-state index in [-0.39, 0.29) is 32.5 Å². The van der Waals surface area contributed by atoms with Crippen molar-refractivity contribution in [3.05, 3.63) is 38.0 Å². The van der Waals surface area contributed by atoms with E-state index in [1.54, 1.807) is 0 Å². The third kappa shape index (κ3) is 9.71. The van der Waals surface area contributed by atoms with Crippen LogP contribution in [-0.2, 0) is 0 Å². The predicted octanol–water partition coefficient (Wildman–Crippen LogP) is 10.7. The molecule has 0 heterocycles. The van der Waals surface area contributed by atoms with Gasteiger partial charge in [0.05, 0.1) is 0 Å². The van der Waals surface area contributed by atoms with E-state index in [1.165, 1.54) is 19.3 Å². The van der Waals surface area contributed by atoms with Crippen molar-refractivity contribution < 1.29 is 0 Å². The number of allylic oxidation sites excluding steroid dienone is 3. The van der Waals surface area contributed by atoms with Gasteiger partial charge >= 0.3 is 0 Å². The molecule has 0 aliphatic heterocycles. The van der Waals surface area contributed by atoms with Crippen LogP contribution in [0.25, 0.3) is 0 Å². The summed E-state index contributed by atoms with van der Waals surface area (Å²) in [6.07, 6.45) is 13.1. The normalized spacial score (nSPS) is 14.6. The molecule has 0 saturated carbocycles. The zero-order chi connectivity index (χ0) is 24.9. The summed E-state index contributed by atoms with van der Waals surface area (Å²) in [5.74, 6) is 0.574. The molecule has 0 saturated heterocycles. The maximum Gasteiger partial charge on any atom is -0.0259 e. The summed E-state index contributed by atoms with van der Waals surface area (Å²) >= 11 is 0. The minimum absolute atomic E-state index is 0.202. The van der Waals surface area contributed by atoms with E-state index in [0.717, 1.165) is 19.3 Å². The Balaban J connectivity index is 6.44. The zero-order valence-electron chi connectivity index (χ0n) is 23.7. The largest absolute Gasteiger partial charge is 0.103 e. The van der Waals surface area contributed by atoms with Crippen molar-refractivity contribution >= 4 is 0 Å². The first-order chi connectivity index (χ1) is 13.7. The molecule has 0 aliphatic carbocycles. The Bertz CT molecular complexity index is 506. The summed E-state index contributed by atoms with van der Waals surface area (Å²) in [6, 6.07) is 0. The summed E-state index contributed by atoms with van der Waals surface area (Å²) in [5.41, 5.74) is 1.37. The quantitative estimate of drug-likeness (QED) is 0.227. The van der Waals surface area contributed by atoms with Crippen LogP contribution in [0.1, 0.15) is 122 Å². The van der Waals surface area contributed by atoms with Gasteiger partial charge < -0.3 is 0 Å². The fraction of sp³-hybridized carbons (Fsp3) is 0.806. The van der Waals surface area contributed by atoms with Gasteiger partial charge in [0.1, 0.15) is 0 Å². The monoisotopic (exact) mass is 430 g/mol. The maximum absolute atomic E-state index is 4.04. The Hall–Kier alpha value is -0.780. The average Bonchev–Trinajstić information content (AvgIpc) is 2.40. The molecule has 0 atom stereocenters. The van der Waals surface area contributed by atoms with Crippen LogP contribution in [0.15, 0.2) is 38.0 Å². The Morgan fingerprint density at radius 2 is 0.645 bits per heavy atom. The third-order valence-corrected chi connectivity index (χ3v) is 7.24. The summed E-state index contributed by atoms with van der Waals surface area (Å²) in [7, 11) is 0. The fourth-order valence-electron chi connectivity index (χ4n) is 8.57. The molecule has 0 fully saturated rings. The van der Waals surface area contributed by atoms with Gasteiger partial charge in [0.15, 0.2) is 0 Å². The second kappa shape index (κ2) is 10.4. The van der Waals surface area contributed by atoms with Crippen LogP contribution >= 0.6 is 0 Å². The van der Waals surface area contributed by atoms with Crippen molar-refractivity contribution in [2.75, 3.05) is 0 Å². The molecule has 0 rings (SSSR count). The van der Waals surface area contributed by atoms with E-state index in [1.807, 2.05) is 0 Å². The van der Waals surface area contributed by atoms with Crippen molar-refractivity contribution in [3.8, 4) is 0 Å². The van der Waals surface area contributed by atoms with Gasteiger partial charge in [0.25, 0.3) is 0 Å². The molecule has 0 aliphatic rings. The van der Waals surface area contributed by atoms with E-state index in [4.69, 9.17) is 0 Å². The van der Waals surface area contributed by atoms with E-state index in [2.05, 4.69) is 121 Å². The molecule has 31 heavy (non-hydrogen) atoms. The lowest BCUT2D eigenvalue weighted by atomic mass is 9.47. The summed E-state index contributed by atoms with van der Waals surface area (Å²) in [5, 5.41) is 0. The van der Waals surface area contributed by atoms with Crippen molar-refractivity contribution in [2.45, 2.75) is 122 Å². The predicted molar refractivity (Wildman–Crippen MR) is 144 cm³/mol. The standard InChI is InChI=1S/C31H58/c1-16-19-26(4,5)22-29(10,11)25(30(12,13)23-27(6,7)20-17-2)31(14,15)24-28(8,9)21-18-3/h16-18,25H,1-3,19-24H2,4-15H3. The first-order valence-electron chi connectivity index (χ1n) is 12.5. The molecular formula is C31H58. The van der Waals surface area contributed by atoms with E-state index in [9.17, 15) is 0 Å². The van der Waals surface area contributed by atoms with Crippen LogP contribution in [0, 0.1) is 38.4 Å². The number of hydrogen-bond donors (Lipinski definition) is 0. The van der Waals surface area contributed by atoms with Crippen LogP contribution in [0.2, 0.25) is 0 Å². The summed E-state index contributed by atoms with van der Waals surface area (Å²) < 4.78 is 0. The molecule has 0 bridgehead atoms. The van der Waals surface area contributed by atoms with Crippen LogP contribution in [0.3, 0.4) is 0 Å². The van der Waals surface area contributed by atoms with E-state index in [0.29, 0.717) is 5.92 Å². The highest BCUT2D eigenvalue weighted by Gasteiger charge is 2.52. The highest BCUT2D eigenvalue weighted by Crippen LogP contribution is 2.60. The highest BCUT2D eigenvalue weighted by molar-refractivity contribution is 5.03. The SMILES string of the molecule is C=CCC(C)(C)CC(C)(C)C(C(C)(C)CC(C)(C)CC=C)C(C)(C)CC(C)(C)CC=C. The van der Waals surface area contributed by atoms with Crippen molar-refractivity contribution in [1.29, 1.82) is 0 Å². The van der Waals surface area contributed by atoms with Gasteiger partial charge in [-0.3, -0.25) is 0 Å². The Kier molecular flexibility index (Phi) is 10.2. The van der Waals surface area contributed by atoms with Gasteiger partial charge in [-0.25, -0.2) is 0 Å². The Morgan fingerprint density at radius 1 is 0.452 bits per heavy atom. The second-order valence-electron chi connectivity index (χ2n) is 14.9. The first-order valence-corrected chi connectivity index (χ1v) is 12.5. The summed E-state index contributed by atoms with van der Waals surface area (Å²) in [4.78, 5) is 0. The van der Waals surface area contributed by atoms with Crippen LogP contribution in [-0.4, -0.2) is 0 Å². The molecule has 0 aromatic heterocycles. The summed E-state index contributed by atoms with van der Waals surface area (Å²) in [6.45, 7) is 41.8. The number of rotatable bonds is 15. The zero-order valence-corrected chi connectivity index (χ0v) is 23.7. The number of hydrogen-bond acceptors (Lipinski definition) is 0. The molecular weight excluding hydrogens is 372 g/mol.